The van der Waals surface area contributed by atoms with E-state index in [2.05, 4.69) is 17.3 Å². The molecule has 0 aliphatic heterocycles. The van der Waals surface area contributed by atoms with Gasteiger partial charge in [-0.25, -0.2) is 0 Å². The molecule has 1 aliphatic rings. The minimum atomic E-state index is -0.0223. The van der Waals surface area contributed by atoms with Gasteiger partial charge in [-0.2, -0.15) is 5.10 Å². The van der Waals surface area contributed by atoms with Crippen molar-refractivity contribution in [1.29, 1.82) is 0 Å². The summed E-state index contributed by atoms with van der Waals surface area (Å²) in [5, 5.41) is 7.41. The van der Waals surface area contributed by atoms with Crippen LogP contribution in [0.5, 0.6) is 0 Å². The van der Waals surface area contributed by atoms with E-state index in [-0.39, 0.29) is 5.91 Å². The SMILES string of the molecule is CC1CCCC(NC(=O)c2cnn(C)c2-n2cccc2)C1. The first-order chi connectivity index (χ1) is 10.1. The highest BCUT2D eigenvalue weighted by atomic mass is 16.1. The average Bonchev–Trinajstić information content (AvgIpc) is 3.07. The molecule has 5 nitrogen and oxygen atoms in total. The van der Waals surface area contributed by atoms with Gasteiger partial charge >= 0.3 is 0 Å². The smallest absolute Gasteiger partial charge is 0.256 e. The lowest BCUT2D eigenvalue weighted by Gasteiger charge is -2.27. The lowest BCUT2D eigenvalue weighted by atomic mass is 9.87. The number of aromatic nitrogens is 3. The maximum absolute atomic E-state index is 12.6. The summed E-state index contributed by atoms with van der Waals surface area (Å²) in [6, 6.07) is 4.17. The van der Waals surface area contributed by atoms with Crippen LogP contribution in [-0.2, 0) is 7.05 Å². The standard InChI is InChI=1S/C16H22N4O/c1-12-6-5-7-13(10-12)18-15(21)14-11-17-19(2)16(14)20-8-3-4-9-20/h3-4,8-9,11-13H,5-7,10H2,1-2H3,(H,18,21). The van der Waals surface area contributed by atoms with Crippen LogP contribution in [-0.4, -0.2) is 26.3 Å². The highest BCUT2D eigenvalue weighted by molar-refractivity contribution is 5.97. The van der Waals surface area contributed by atoms with E-state index in [9.17, 15) is 4.79 Å². The Balaban J connectivity index is 1.79. The van der Waals surface area contributed by atoms with Gasteiger partial charge in [0.25, 0.3) is 5.91 Å². The van der Waals surface area contributed by atoms with Crippen molar-refractivity contribution >= 4 is 5.91 Å². The topological polar surface area (TPSA) is 51.9 Å². The van der Waals surface area contributed by atoms with Crippen molar-refractivity contribution in [2.45, 2.75) is 38.6 Å². The Kier molecular flexibility index (Phi) is 3.82. The molecule has 1 saturated carbocycles. The molecule has 2 unspecified atom stereocenters. The molecular formula is C16H22N4O. The first-order valence-corrected chi connectivity index (χ1v) is 7.61. The molecule has 1 fully saturated rings. The lowest BCUT2D eigenvalue weighted by molar-refractivity contribution is 0.0921. The van der Waals surface area contributed by atoms with Gasteiger partial charge in [0.2, 0.25) is 0 Å². The van der Waals surface area contributed by atoms with E-state index in [0.29, 0.717) is 17.5 Å². The lowest BCUT2D eigenvalue weighted by Crippen LogP contribution is -2.38. The summed E-state index contributed by atoms with van der Waals surface area (Å²) >= 11 is 0. The number of amides is 1. The molecule has 21 heavy (non-hydrogen) atoms. The molecule has 1 amide bonds. The molecule has 1 aliphatic carbocycles. The summed E-state index contributed by atoms with van der Waals surface area (Å²) in [5.74, 6) is 1.48. The first-order valence-electron chi connectivity index (χ1n) is 7.61. The number of rotatable bonds is 3. The monoisotopic (exact) mass is 286 g/mol. The quantitative estimate of drug-likeness (QED) is 0.942. The van der Waals surface area contributed by atoms with Gasteiger partial charge in [0, 0.05) is 25.5 Å². The third kappa shape index (κ3) is 2.86. The van der Waals surface area contributed by atoms with E-state index < -0.39 is 0 Å². The second kappa shape index (κ2) is 5.76. The zero-order valence-electron chi connectivity index (χ0n) is 12.6. The summed E-state index contributed by atoms with van der Waals surface area (Å²) in [6.07, 6.45) is 10.1. The van der Waals surface area contributed by atoms with Crippen molar-refractivity contribution in [2.24, 2.45) is 13.0 Å². The van der Waals surface area contributed by atoms with Gasteiger partial charge in [0.15, 0.2) is 0 Å². The predicted molar refractivity (Wildman–Crippen MR) is 81.4 cm³/mol. The maximum atomic E-state index is 12.6. The summed E-state index contributed by atoms with van der Waals surface area (Å²) < 4.78 is 3.66. The van der Waals surface area contributed by atoms with Crippen LogP contribution in [0, 0.1) is 5.92 Å². The fourth-order valence-corrected chi connectivity index (χ4v) is 3.20. The van der Waals surface area contributed by atoms with Gasteiger partial charge in [0.05, 0.1) is 6.20 Å². The predicted octanol–water partition coefficient (Wildman–Crippen LogP) is 2.52. The summed E-state index contributed by atoms with van der Waals surface area (Å²) in [4.78, 5) is 12.6. The second-order valence-corrected chi connectivity index (χ2v) is 6.04. The Bertz CT molecular complexity index is 614. The number of carbonyl (C=O) groups excluding carboxylic acids is 1. The van der Waals surface area contributed by atoms with E-state index in [1.807, 2.05) is 36.1 Å². The van der Waals surface area contributed by atoms with Crippen molar-refractivity contribution in [3.05, 3.63) is 36.3 Å². The Morgan fingerprint density at radius 1 is 1.33 bits per heavy atom. The molecule has 0 radical (unpaired) electrons. The molecule has 2 aromatic rings. The number of aryl methyl sites for hydroxylation is 1. The molecule has 0 spiro atoms. The highest BCUT2D eigenvalue weighted by Crippen LogP contribution is 2.24. The third-order valence-electron chi connectivity index (χ3n) is 4.27. The minimum Gasteiger partial charge on any atom is -0.349 e. The van der Waals surface area contributed by atoms with E-state index in [1.54, 1.807) is 10.9 Å². The fourth-order valence-electron chi connectivity index (χ4n) is 3.20. The van der Waals surface area contributed by atoms with E-state index in [4.69, 9.17) is 0 Å². The van der Waals surface area contributed by atoms with Crippen molar-refractivity contribution < 1.29 is 4.79 Å². The minimum absolute atomic E-state index is 0.0223. The molecule has 2 aromatic heterocycles. The summed E-state index contributed by atoms with van der Waals surface area (Å²) in [5.41, 5.74) is 0.631. The number of carbonyl (C=O) groups is 1. The average molecular weight is 286 g/mol. The second-order valence-electron chi connectivity index (χ2n) is 6.04. The Morgan fingerprint density at radius 3 is 2.81 bits per heavy atom. The molecule has 3 rings (SSSR count). The maximum Gasteiger partial charge on any atom is 0.256 e. The van der Waals surface area contributed by atoms with Gasteiger partial charge in [0.1, 0.15) is 11.4 Å². The van der Waals surface area contributed by atoms with Crippen LogP contribution in [0.2, 0.25) is 0 Å². The fraction of sp³-hybridized carbons (Fsp3) is 0.500. The van der Waals surface area contributed by atoms with Gasteiger partial charge in [-0.05, 0) is 30.9 Å². The Morgan fingerprint density at radius 2 is 2.10 bits per heavy atom. The van der Waals surface area contributed by atoms with Crippen molar-refractivity contribution in [3.63, 3.8) is 0 Å². The van der Waals surface area contributed by atoms with Crippen LogP contribution in [0.15, 0.2) is 30.7 Å². The van der Waals surface area contributed by atoms with Gasteiger partial charge in [-0.1, -0.05) is 19.8 Å². The van der Waals surface area contributed by atoms with Crippen molar-refractivity contribution in [2.75, 3.05) is 0 Å². The zero-order chi connectivity index (χ0) is 14.8. The van der Waals surface area contributed by atoms with Gasteiger partial charge in [-0.15, -0.1) is 0 Å². The van der Waals surface area contributed by atoms with Crippen LogP contribution in [0.3, 0.4) is 0 Å². The van der Waals surface area contributed by atoms with E-state index in [1.165, 1.54) is 12.8 Å². The Hall–Kier alpha value is -2.04. The molecule has 1 N–H and O–H groups in total. The number of hydrogen-bond donors (Lipinski definition) is 1. The van der Waals surface area contributed by atoms with Gasteiger partial charge < -0.3 is 9.88 Å². The number of nitrogens with one attached hydrogen (secondary N) is 1. The van der Waals surface area contributed by atoms with Crippen LogP contribution < -0.4 is 5.32 Å². The van der Waals surface area contributed by atoms with E-state index in [0.717, 1.165) is 18.7 Å². The Labute approximate surface area is 125 Å². The molecule has 2 atom stereocenters. The third-order valence-corrected chi connectivity index (χ3v) is 4.27. The van der Waals surface area contributed by atoms with Crippen LogP contribution >= 0.6 is 0 Å². The molecule has 0 saturated heterocycles. The van der Waals surface area contributed by atoms with Crippen LogP contribution in [0.25, 0.3) is 5.82 Å². The molecule has 2 heterocycles. The largest absolute Gasteiger partial charge is 0.349 e. The molecule has 112 valence electrons. The first kappa shape index (κ1) is 13.9. The number of hydrogen-bond acceptors (Lipinski definition) is 2. The molecule has 0 aromatic carbocycles. The van der Waals surface area contributed by atoms with Gasteiger partial charge in [-0.3, -0.25) is 9.48 Å². The zero-order valence-corrected chi connectivity index (χ0v) is 12.6. The molecular weight excluding hydrogens is 264 g/mol. The normalized spacial score (nSPS) is 22.2. The summed E-state index contributed by atoms with van der Waals surface area (Å²) in [7, 11) is 1.86. The molecule has 5 heteroatoms. The highest BCUT2D eigenvalue weighted by Gasteiger charge is 2.23. The van der Waals surface area contributed by atoms with Crippen molar-refractivity contribution in [3.8, 4) is 5.82 Å². The number of nitrogens with zero attached hydrogens (tertiary/aromatic N) is 3. The van der Waals surface area contributed by atoms with Crippen molar-refractivity contribution in [1.82, 2.24) is 19.7 Å². The van der Waals surface area contributed by atoms with Crippen LogP contribution in [0.4, 0.5) is 0 Å². The summed E-state index contributed by atoms with van der Waals surface area (Å²) in [6.45, 7) is 2.26. The molecule has 0 bridgehead atoms. The van der Waals surface area contributed by atoms with Crippen LogP contribution in [0.1, 0.15) is 43.0 Å². The van der Waals surface area contributed by atoms with E-state index >= 15 is 0 Å².